The first-order valence-corrected chi connectivity index (χ1v) is 8.44. The van der Waals surface area contributed by atoms with Crippen LogP contribution in [0.4, 0.5) is 0 Å². The van der Waals surface area contributed by atoms with E-state index in [1.807, 2.05) is 0 Å². The van der Waals surface area contributed by atoms with Gasteiger partial charge < -0.3 is 18.9 Å². The molecule has 8 nitrogen and oxygen atoms in total. The molecule has 0 saturated heterocycles. The first-order chi connectivity index (χ1) is 12.6. The second-order valence-corrected chi connectivity index (χ2v) is 6.27. The van der Waals surface area contributed by atoms with Gasteiger partial charge in [0.25, 0.3) is 12.9 Å². The van der Waals surface area contributed by atoms with E-state index in [-0.39, 0.29) is 47.8 Å². The van der Waals surface area contributed by atoms with Gasteiger partial charge in [-0.25, -0.2) is 0 Å². The third-order valence-electron chi connectivity index (χ3n) is 4.64. The van der Waals surface area contributed by atoms with Gasteiger partial charge in [0.2, 0.25) is 5.75 Å². The summed E-state index contributed by atoms with van der Waals surface area (Å²) < 4.78 is 20.2. The summed E-state index contributed by atoms with van der Waals surface area (Å²) in [5, 5.41) is 0. The maximum Gasteiger partial charge on any atom is 0.314 e. The highest BCUT2D eigenvalue weighted by Crippen LogP contribution is 2.42. The molecule has 138 valence electrons. The molecule has 2 aliphatic carbocycles. The molecule has 0 amide bonds. The molecule has 26 heavy (non-hydrogen) atoms. The molecule has 2 aliphatic rings. The van der Waals surface area contributed by atoms with Crippen molar-refractivity contribution in [3.8, 4) is 23.0 Å². The molecule has 0 bridgehead atoms. The molecule has 3 rings (SSSR count). The number of hydrogen-bond donors (Lipinski definition) is 0. The Morgan fingerprint density at radius 1 is 0.808 bits per heavy atom. The summed E-state index contributed by atoms with van der Waals surface area (Å²) in [6.07, 6.45) is 4.86. The second-order valence-electron chi connectivity index (χ2n) is 6.27. The first kappa shape index (κ1) is 17.9. The topological polar surface area (TPSA) is 105 Å². The molecule has 0 unspecified atom stereocenters. The molecule has 1 aromatic rings. The Morgan fingerprint density at radius 3 is 1.85 bits per heavy atom. The number of esters is 2. The highest BCUT2D eigenvalue weighted by atomic mass is 16.6. The van der Waals surface area contributed by atoms with Gasteiger partial charge in [-0.15, -0.1) is 0 Å². The minimum absolute atomic E-state index is 0.0356. The van der Waals surface area contributed by atoms with E-state index in [0.717, 1.165) is 38.5 Å². The van der Waals surface area contributed by atoms with E-state index in [9.17, 15) is 19.2 Å². The smallest absolute Gasteiger partial charge is 0.314 e. The van der Waals surface area contributed by atoms with Crippen LogP contribution in [0, 0.1) is 11.8 Å². The summed E-state index contributed by atoms with van der Waals surface area (Å²) in [4.78, 5) is 45.7. The number of benzene rings is 1. The van der Waals surface area contributed by atoms with E-state index in [2.05, 4.69) is 0 Å². The molecule has 2 fully saturated rings. The van der Waals surface area contributed by atoms with Crippen molar-refractivity contribution >= 4 is 24.9 Å². The minimum Gasteiger partial charge on any atom is -0.426 e. The number of carbonyl (C=O) groups excluding carboxylic acids is 4. The van der Waals surface area contributed by atoms with E-state index in [1.165, 1.54) is 12.1 Å². The van der Waals surface area contributed by atoms with Crippen molar-refractivity contribution < 1.29 is 38.1 Å². The van der Waals surface area contributed by atoms with Gasteiger partial charge in [0, 0.05) is 12.1 Å². The lowest BCUT2D eigenvalue weighted by Crippen LogP contribution is -2.27. The van der Waals surface area contributed by atoms with Crippen LogP contribution in [0.25, 0.3) is 0 Å². The van der Waals surface area contributed by atoms with Crippen molar-refractivity contribution in [1.29, 1.82) is 0 Å². The van der Waals surface area contributed by atoms with Gasteiger partial charge in [0.1, 0.15) is 5.75 Å². The second kappa shape index (κ2) is 7.99. The van der Waals surface area contributed by atoms with Crippen LogP contribution in [0.1, 0.15) is 38.5 Å². The molecule has 1 aromatic carbocycles. The fourth-order valence-corrected chi connectivity index (χ4v) is 2.67. The van der Waals surface area contributed by atoms with Crippen molar-refractivity contribution in [2.45, 2.75) is 38.5 Å². The zero-order chi connectivity index (χ0) is 18.5. The lowest BCUT2D eigenvalue weighted by atomic mass is 9.86. The zero-order valence-corrected chi connectivity index (χ0v) is 14.0. The fraction of sp³-hybridized carbons (Fsp3) is 0.444. The predicted octanol–water partition coefficient (Wildman–Crippen LogP) is 2.17. The molecule has 0 spiro atoms. The standard InChI is InChI=1S/C18H18O8/c19-9-23-14-7-13(25-17(21)11-3-1-4-11)8-15(16(14)24-10-20)26-18(22)12-5-2-6-12/h7-12H,1-6H2. The highest BCUT2D eigenvalue weighted by molar-refractivity contribution is 5.79. The van der Waals surface area contributed by atoms with Crippen LogP contribution in [0.3, 0.4) is 0 Å². The third-order valence-corrected chi connectivity index (χ3v) is 4.64. The first-order valence-electron chi connectivity index (χ1n) is 8.44. The summed E-state index contributed by atoms with van der Waals surface area (Å²) in [5.41, 5.74) is 0. The Kier molecular flexibility index (Phi) is 5.50. The highest BCUT2D eigenvalue weighted by Gasteiger charge is 2.30. The largest absolute Gasteiger partial charge is 0.426 e. The molecule has 0 N–H and O–H groups in total. The van der Waals surface area contributed by atoms with Crippen LogP contribution in [0.5, 0.6) is 23.0 Å². The Morgan fingerprint density at radius 2 is 1.35 bits per heavy atom. The molecular weight excluding hydrogens is 344 g/mol. The SMILES string of the molecule is O=COc1cc(OC(=O)C2CCC2)cc(OC(=O)C2CCC2)c1OC=O. The van der Waals surface area contributed by atoms with E-state index in [0.29, 0.717) is 0 Å². The summed E-state index contributed by atoms with van der Waals surface area (Å²) in [6.45, 7) is 0.246. The Balaban J connectivity index is 1.88. The average Bonchev–Trinajstić information content (AvgIpc) is 2.47. The summed E-state index contributed by atoms with van der Waals surface area (Å²) in [7, 11) is 0. The lowest BCUT2D eigenvalue weighted by Gasteiger charge is -2.24. The predicted molar refractivity (Wildman–Crippen MR) is 85.8 cm³/mol. The molecule has 0 radical (unpaired) electrons. The molecule has 0 aromatic heterocycles. The van der Waals surface area contributed by atoms with Gasteiger partial charge in [-0.05, 0) is 25.7 Å². The van der Waals surface area contributed by atoms with Gasteiger partial charge in [-0.1, -0.05) is 12.8 Å². The molecule has 0 heterocycles. The van der Waals surface area contributed by atoms with Crippen molar-refractivity contribution in [2.75, 3.05) is 0 Å². The van der Waals surface area contributed by atoms with Gasteiger partial charge in [0.05, 0.1) is 11.8 Å². The van der Waals surface area contributed by atoms with Crippen molar-refractivity contribution in [3.05, 3.63) is 12.1 Å². The van der Waals surface area contributed by atoms with E-state index in [1.54, 1.807) is 0 Å². The average molecular weight is 362 g/mol. The summed E-state index contributed by atoms with van der Waals surface area (Å²) in [6, 6.07) is 2.49. The number of carbonyl (C=O) groups is 4. The van der Waals surface area contributed by atoms with Crippen LogP contribution in [0.2, 0.25) is 0 Å². The van der Waals surface area contributed by atoms with Gasteiger partial charge in [-0.2, -0.15) is 0 Å². The van der Waals surface area contributed by atoms with E-state index >= 15 is 0 Å². The number of hydrogen-bond acceptors (Lipinski definition) is 8. The van der Waals surface area contributed by atoms with Crippen molar-refractivity contribution in [1.82, 2.24) is 0 Å². The molecule has 0 aliphatic heterocycles. The Bertz CT molecular complexity index is 718. The Hall–Kier alpha value is -2.90. The molecular formula is C18H18O8. The fourth-order valence-electron chi connectivity index (χ4n) is 2.67. The normalized spacial score (nSPS) is 16.6. The number of rotatable bonds is 8. The van der Waals surface area contributed by atoms with Gasteiger partial charge in [-0.3, -0.25) is 19.2 Å². The summed E-state index contributed by atoms with van der Waals surface area (Å²) >= 11 is 0. The molecule has 2 saturated carbocycles. The lowest BCUT2D eigenvalue weighted by molar-refractivity contribution is -0.142. The minimum atomic E-state index is -0.480. The van der Waals surface area contributed by atoms with Crippen LogP contribution in [0.15, 0.2) is 12.1 Å². The van der Waals surface area contributed by atoms with Crippen molar-refractivity contribution in [2.24, 2.45) is 11.8 Å². The van der Waals surface area contributed by atoms with Gasteiger partial charge >= 0.3 is 11.9 Å². The monoisotopic (exact) mass is 362 g/mol. The van der Waals surface area contributed by atoms with Crippen LogP contribution < -0.4 is 18.9 Å². The summed E-state index contributed by atoms with van der Waals surface area (Å²) in [5.74, 6) is -1.82. The van der Waals surface area contributed by atoms with E-state index < -0.39 is 11.9 Å². The molecule has 8 heteroatoms. The maximum atomic E-state index is 12.1. The zero-order valence-electron chi connectivity index (χ0n) is 14.0. The van der Waals surface area contributed by atoms with Crippen LogP contribution in [-0.4, -0.2) is 24.9 Å². The van der Waals surface area contributed by atoms with Gasteiger partial charge in [0.15, 0.2) is 11.5 Å². The maximum absolute atomic E-state index is 12.1. The van der Waals surface area contributed by atoms with E-state index in [4.69, 9.17) is 18.9 Å². The quantitative estimate of drug-likeness (QED) is 0.394. The third kappa shape index (κ3) is 3.84. The number of ether oxygens (including phenoxy) is 4. The van der Waals surface area contributed by atoms with Crippen molar-refractivity contribution in [3.63, 3.8) is 0 Å². The Labute approximate surface area is 149 Å². The van der Waals surface area contributed by atoms with Crippen LogP contribution >= 0.6 is 0 Å². The molecule has 0 atom stereocenters. The van der Waals surface area contributed by atoms with Crippen LogP contribution in [-0.2, 0) is 19.2 Å².